The first-order valence-corrected chi connectivity index (χ1v) is 10.4. The first-order valence-electron chi connectivity index (χ1n) is 10.4. The van der Waals surface area contributed by atoms with Gasteiger partial charge in [-0.1, -0.05) is 42.5 Å². The number of esters is 1. The summed E-state index contributed by atoms with van der Waals surface area (Å²) in [7, 11) is 0. The number of pyridine rings is 1. The van der Waals surface area contributed by atoms with E-state index < -0.39 is 0 Å². The van der Waals surface area contributed by atoms with Crippen LogP contribution >= 0.6 is 0 Å². The smallest absolute Gasteiger partial charge is 0.357 e. The topological polar surface area (TPSA) is 39.2 Å². The Balaban J connectivity index is 1.86. The molecule has 0 radical (unpaired) electrons. The predicted octanol–water partition coefficient (Wildman–Crippen LogP) is 6.11. The fourth-order valence-corrected chi connectivity index (χ4v) is 4.64. The van der Waals surface area contributed by atoms with E-state index in [9.17, 15) is 4.79 Å². The van der Waals surface area contributed by atoms with Crippen molar-refractivity contribution >= 4 is 27.5 Å². The minimum Gasteiger partial charge on any atom is -0.461 e. The highest BCUT2D eigenvalue weighted by Crippen LogP contribution is 2.39. The van der Waals surface area contributed by atoms with Gasteiger partial charge in [-0.05, 0) is 83.0 Å². The Labute approximate surface area is 170 Å². The molecule has 0 spiro atoms. The van der Waals surface area contributed by atoms with Gasteiger partial charge >= 0.3 is 5.97 Å². The maximum absolute atomic E-state index is 12.6. The number of rotatable bonds is 3. The molecule has 0 unspecified atom stereocenters. The van der Waals surface area contributed by atoms with Crippen molar-refractivity contribution in [1.82, 2.24) is 4.98 Å². The summed E-state index contributed by atoms with van der Waals surface area (Å²) in [6.45, 7) is 2.15. The van der Waals surface area contributed by atoms with E-state index in [1.54, 1.807) is 6.20 Å². The quantitative estimate of drug-likeness (QED) is 0.317. The number of carbonyl (C=O) groups is 1. The summed E-state index contributed by atoms with van der Waals surface area (Å²) in [4.78, 5) is 17.0. The van der Waals surface area contributed by atoms with Crippen molar-refractivity contribution < 1.29 is 9.53 Å². The third-order valence-corrected chi connectivity index (χ3v) is 5.94. The third kappa shape index (κ3) is 2.98. The van der Waals surface area contributed by atoms with Crippen LogP contribution in [0.2, 0.25) is 0 Å². The molecule has 0 atom stereocenters. The molecule has 1 aromatic heterocycles. The molecule has 1 aliphatic carbocycles. The van der Waals surface area contributed by atoms with Crippen LogP contribution in [0.3, 0.4) is 0 Å². The molecule has 1 heterocycles. The van der Waals surface area contributed by atoms with Gasteiger partial charge < -0.3 is 4.74 Å². The first kappa shape index (κ1) is 17.9. The molecular weight excluding hydrogens is 358 g/mol. The molecule has 3 heteroatoms. The monoisotopic (exact) mass is 381 g/mol. The van der Waals surface area contributed by atoms with Crippen molar-refractivity contribution in [3.8, 4) is 11.1 Å². The van der Waals surface area contributed by atoms with Crippen molar-refractivity contribution in [2.24, 2.45) is 0 Å². The Morgan fingerprint density at radius 3 is 2.55 bits per heavy atom. The minimum absolute atomic E-state index is 0.334. The van der Waals surface area contributed by atoms with Gasteiger partial charge in [-0.15, -0.1) is 0 Å². The van der Waals surface area contributed by atoms with Gasteiger partial charge in [-0.2, -0.15) is 0 Å². The molecule has 0 aliphatic heterocycles. The number of carbonyl (C=O) groups excluding carboxylic acids is 1. The lowest BCUT2D eigenvalue weighted by Crippen LogP contribution is -2.09. The fourth-order valence-electron chi connectivity index (χ4n) is 4.64. The fraction of sp³-hybridized carbons (Fsp3) is 0.231. The molecule has 0 saturated heterocycles. The van der Waals surface area contributed by atoms with E-state index in [4.69, 9.17) is 4.74 Å². The van der Waals surface area contributed by atoms with Crippen LogP contribution in [0.25, 0.3) is 32.7 Å². The van der Waals surface area contributed by atoms with Crippen molar-refractivity contribution in [2.45, 2.75) is 32.6 Å². The Morgan fingerprint density at radius 2 is 1.69 bits per heavy atom. The van der Waals surface area contributed by atoms with Crippen LogP contribution in [0.15, 0.2) is 60.8 Å². The molecule has 0 saturated carbocycles. The summed E-state index contributed by atoms with van der Waals surface area (Å²) < 4.78 is 5.28. The van der Waals surface area contributed by atoms with Gasteiger partial charge in [0, 0.05) is 11.8 Å². The molecule has 1 aliphatic rings. The van der Waals surface area contributed by atoms with Crippen LogP contribution in [-0.4, -0.2) is 17.6 Å². The molecule has 144 valence electrons. The van der Waals surface area contributed by atoms with Gasteiger partial charge in [0.05, 0.1) is 6.61 Å². The number of aromatic nitrogens is 1. The number of fused-ring (bicyclic) bond motifs is 5. The molecule has 5 rings (SSSR count). The first-order chi connectivity index (χ1) is 14.3. The van der Waals surface area contributed by atoms with Gasteiger partial charge in [-0.25, -0.2) is 9.78 Å². The second kappa shape index (κ2) is 7.32. The minimum atomic E-state index is -0.373. The lowest BCUT2D eigenvalue weighted by atomic mass is 9.84. The number of nitrogens with zero attached hydrogens (tertiary/aromatic N) is 1. The van der Waals surface area contributed by atoms with Crippen molar-refractivity contribution in [3.63, 3.8) is 0 Å². The standard InChI is InChI=1S/C26H23NO2/c1-2-29-26(28)25-22(12-7-15-27-25)24-16-23-18-9-4-3-8-17(18)13-14-21(23)19-10-5-6-11-20(19)24/h5-7,10-16H,2-4,8-9H2,1H3. The number of aryl methyl sites for hydroxylation is 2. The highest BCUT2D eigenvalue weighted by Gasteiger charge is 2.20. The van der Waals surface area contributed by atoms with Gasteiger partial charge in [0.15, 0.2) is 5.69 Å². The van der Waals surface area contributed by atoms with Crippen molar-refractivity contribution in [1.29, 1.82) is 0 Å². The zero-order valence-electron chi connectivity index (χ0n) is 16.6. The Kier molecular flexibility index (Phi) is 4.51. The lowest BCUT2D eigenvalue weighted by Gasteiger charge is -2.20. The maximum Gasteiger partial charge on any atom is 0.357 e. The zero-order chi connectivity index (χ0) is 19.8. The third-order valence-electron chi connectivity index (χ3n) is 5.94. The van der Waals surface area contributed by atoms with Gasteiger partial charge in [0.2, 0.25) is 0 Å². The van der Waals surface area contributed by atoms with E-state index in [-0.39, 0.29) is 5.97 Å². The molecule has 4 aromatic rings. The lowest BCUT2D eigenvalue weighted by molar-refractivity contribution is 0.0520. The number of ether oxygens (including phenoxy) is 1. The van der Waals surface area contributed by atoms with E-state index in [1.165, 1.54) is 40.1 Å². The van der Waals surface area contributed by atoms with E-state index in [2.05, 4.69) is 47.4 Å². The number of hydrogen-bond donors (Lipinski definition) is 0. The highest BCUT2D eigenvalue weighted by atomic mass is 16.5. The summed E-state index contributed by atoms with van der Waals surface area (Å²) >= 11 is 0. The summed E-state index contributed by atoms with van der Waals surface area (Å²) in [6, 6.07) is 19.1. The van der Waals surface area contributed by atoms with Crippen LogP contribution in [-0.2, 0) is 17.6 Å². The summed E-state index contributed by atoms with van der Waals surface area (Å²) in [5, 5.41) is 4.93. The zero-order valence-corrected chi connectivity index (χ0v) is 16.6. The Bertz CT molecular complexity index is 1240. The molecule has 3 nitrogen and oxygen atoms in total. The van der Waals surface area contributed by atoms with E-state index in [0.717, 1.165) is 29.4 Å². The summed E-state index contributed by atoms with van der Waals surface area (Å²) in [5.41, 5.74) is 5.17. The summed E-state index contributed by atoms with van der Waals surface area (Å²) in [5.74, 6) is -0.373. The van der Waals surface area contributed by atoms with E-state index in [0.29, 0.717) is 12.3 Å². The van der Waals surface area contributed by atoms with E-state index >= 15 is 0 Å². The van der Waals surface area contributed by atoms with Gasteiger partial charge in [0.1, 0.15) is 0 Å². The van der Waals surface area contributed by atoms with Crippen LogP contribution in [0.5, 0.6) is 0 Å². The second-order valence-electron chi connectivity index (χ2n) is 7.60. The summed E-state index contributed by atoms with van der Waals surface area (Å²) in [6.07, 6.45) is 6.40. The number of hydrogen-bond acceptors (Lipinski definition) is 3. The molecule has 0 N–H and O–H groups in total. The SMILES string of the molecule is CCOC(=O)c1ncccc1-c1cc2c3c(ccc2c2ccccc12)CCCC3. The molecule has 0 amide bonds. The van der Waals surface area contributed by atoms with Gasteiger partial charge in [-0.3, -0.25) is 0 Å². The van der Waals surface area contributed by atoms with Crippen molar-refractivity contribution in [2.75, 3.05) is 6.61 Å². The molecule has 0 bridgehead atoms. The predicted molar refractivity (Wildman–Crippen MR) is 117 cm³/mol. The van der Waals surface area contributed by atoms with Crippen LogP contribution in [0.1, 0.15) is 41.4 Å². The Hall–Kier alpha value is -3.20. The molecule has 3 aromatic carbocycles. The molecule has 0 fully saturated rings. The normalized spacial score (nSPS) is 13.4. The van der Waals surface area contributed by atoms with Crippen LogP contribution in [0, 0.1) is 0 Å². The average Bonchev–Trinajstić information content (AvgIpc) is 2.78. The highest BCUT2D eigenvalue weighted by molar-refractivity contribution is 6.16. The second-order valence-corrected chi connectivity index (χ2v) is 7.60. The van der Waals surface area contributed by atoms with Crippen LogP contribution < -0.4 is 0 Å². The molecular formula is C26H23NO2. The maximum atomic E-state index is 12.6. The number of benzene rings is 3. The van der Waals surface area contributed by atoms with Crippen LogP contribution in [0.4, 0.5) is 0 Å². The van der Waals surface area contributed by atoms with Crippen molar-refractivity contribution in [3.05, 3.63) is 77.6 Å². The van der Waals surface area contributed by atoms with E-state index in [1.807, 2.05) is 19.1 Å². The molecule has 29 heavy (non-hydrogen) atoms. The Morgan fingerprint density at radius 1 is 0.897 bits per heavy atom. The average molecular weight is 381 g/mol. The van der Waals surface area contributed by atoms with Gasteiger partial charge in [0.25, 0.3) is 0 Å². The largest absolute Gasteiger partial charge is 0.461 e.